The predicted molar refractivity (Wildman–Crippen MR) is 127 cm³/mol. The van der Waals surface area contributed by atoms with E-state index in [1.807, 2.05) is 56.3 Å². The number of nitrogens with one attached hydrogen (secondary N) is 1. The van der Waals surface area contributed by atoms with Crippen LogP contribution < -0.4 is 21.9 Å². The van der Waals surface area contributed by atoms with Gasteiger partial charge in [-0.2, -0.15) is 0 Å². The van der Waals surface area contributed by atoms with E-state index >= 15 is 0 Å². The van der Waals surface area contributed by atoms with Crippen molar-refractivity contribution in [3.8, 4) is 0 Å². The molecule has 3 rings (SSSR count). The van der Waals surface area contributed by atoms with Crippen molar-refractivity contribution in [1.82, 2.24) is 9.55 Å². The largest absolute Gasteiger partial charge is 0.385 e. The second-order valence-corrected chi connectivity index (χ2v) is 8.25. The summed E-state index contributed by atoms with van der Waals surface area (Å²) in [6, 6.07) is 13.8. The molecule has 8 heteroatoms. The first-order chi connectivity index (χ1) is 15.3. The molecule has 3 aromatic rings. The molecule has 0 unspecified atom stereocenters. The third kappa shape index (κ3) is 5.26. The Hall–Kier alpha value is -3.39. The summed E-state index contributed by atoms with van der Waals surface area (Å²) in [4.78, 5) is 42.1. The number of aromatic amines is 1. The lowest BCUT2D eigenvalue weighted by atomic mass is 10.0. The van der Waals surface area contributed by atoms with E-state index in [1.165, 1.54) is 9.47 Å². The third-order valence-electron chi connectivity index (χ3n) is 5.23. The van der Waals surface area contributed by atoms with E-state index < -0.39 is 11.2 Å². The van der Waals surface area contributed by atoms with Crippen molar-refractivity contribution in [3.05, 3.63) is 68.9 Å². The number of carbonyl (C=O) groups is 1. The number of benzene rings is 2. The molecule has 0 aliphatic carbocycles. The Kier molecular flexibility index (Phi) is 7.48. The Morgan fingerprint density at radius 2 is 1.88 bits per heavy atom. The number of methoxy groups -OCH3 is 1. The van der Waals surface area contributed by atoms with Gasteiger partial charge >= 0.3 is 5.69 Å². The van der Waals surface area contributed by atoms with E-state index in [-0.39, 0.29) is 36.3 Å². The lowest BCUT2D eigenvalue weighted by Crippen LogP contribution is -2.42. The zero-order valence-corrected chi connectivity index (χ0v) is 18.8. The molecule has 2 aromatic carbocycles. The maximum absolute atomic E-state index is 13.4. The molecule has 0 radical (unpaired) electrons. The first-order valence-electron chi connectivity index (χ1n) is 10.7. The van der Waals surface area contributed by atoms with Crippen molar-refractivity contribution in [3.63, 3.8) is 0 Å². The molecule has 0 aliphatic heterocycles. The zero-order chi connectivity index (χ0) is 23.3. The number of nitrogens with zero attached hydrogens (tertiary/aromatic N) is 2. The van der Waals surface area contributed by atoms with E-state index in [2.05, 4.69) is 4.98 Å². The minimum atomic E-state index is -0.670. The molecule has 170 valence electrons. The number of nitrogens with two attached hydrogens (primary N) is 1. The summed E-state index contributed by atoms with van der Waals surface area (Å²) in [5.41, 5.74) is 5.85. The van der Waals surface area contributed by atoms with Crippen LogP contribution >= 0.6 is 0 Å². The molecule has 32 heavy (non-hydrogen) atoms. The standard InChI is InChI=1S/C24H30N4O4/c1-16(2)15-28-22(25)21(23(30)26-24(28)31)27(11-6-12-32-3)20(29)14-17-9-10-18-7-4-5-8-19(18)13-17/h4-5,7-10,13,16H,6,11-12,14-15,25H2,1-3H3,(H,26,30,31). The van der Waals surface area contributed by atoms with Gasteiger partial charge in [-0.05, 0) is 28.7 Å². The Bertz CT molecular complexity index is 1210. The van der Waals surface area contributed by atoms with Crippen LogP contribution in [0.4, 0.5) is 11.5 Å². The molecular formula is C24H30N4O4. The summed E-state index contributed by atoms with van der Waals surface area (Å²) in [6.07, 6.45) is 0.613. The van der Waals surface area contributed by atoms with Crippen LogP contribution in [0, 0.1) is 5.92 Å². The Morgan fingerprint density at radius 1 is 1.16 bits per heavy atom. The van der Waals surface area contributed by atoms with Gasteiger partial charge in [-0.25, -0.2) is 4.79 Å². The minimum Gasteiger partial charge on any atom is -0.385 e. The fourth-order valence-corrected chi connectivity index (χ4v) is 3.73. The molecule has 1 aromatic heterocycles. The quantitative estimate of drug-likeness (QED) is 0.499. The van der Waals surface area contributed by atoms with Gasteiger partial charge in [0.1, 0.15) is 5.82 Å². The van der Waals surface area contributed by atoms with Gasteiger partial charge < -0.3 is 15.4 Å². The topological polar surface area (TPSA) is 110 Å². The number of H-pyrrole nitrogens is 1. The van der Waals surface area contributed by atoms with Crippen LogP contribution in [0.3, 0.4) is 0 Å². The minimum absolute atomic E-state index is 0.00303. The summed E-state index contributed by atoms with van der Waals surface area (Å²) in [5, 5.41) is 2.12. The van der Waals surface area contributed by atoms with Crippen LogP contribution in [0.15, 0.2) is 52.1 Å². The zero-order valence-electron chi connectivity index (χ0n) is 18.8. The van der Waals surface area contributed by atoms with Crippen LogP contribution in [-0.4, -0.2) is 35.7 Å². The molecule has 3 N–H and O–H groups in total. The normalized spacial score (nSPS) is 11.2. The molecule has 0 saturated carbocycles. The lowest BCUT2D eigenvalue weighted by Gasteiger charge is -2.25. The molecule has 1 amide bonds. The van der Waals surface area contributed by atoms with Gasteiger partial charge in [0, 0.05) is 26.8 Å². The number of nitrogen functional groups attached to an aromatic ring is 1. The van der Waals surface area contributed by atoms with Gasteiger partial charge in [0.15, 0.2) is 5.69 Å². The molecule has 8 nitrogen and oxygen atoms in total. The summed E-state index contributed by atoms with van der Waals surface area (Å²) < 4.78 is 6.43. The van der Waals surface area contributed by atoms with Crippen molar-refractivity contribution in [2.24, 2.45) is 5.92 Å². The van der Waals surface area contributed by atoms with Gasteiger partial charge in [0.25, 0.3) is 5.56 Å². The van der Waals surface area contributed by atoms with E-state index in [1.54, 1.807) is 7.11 Å². The van der Waals surface area contributed by atoms with Gasteiger partial charge in [-0.3, -0.25) is 19.1 Å². The van der Waals surface area contributed by atoms with Crippen molar-refractivity contribution in [2.75, 3.05) is 30.9 Å². The van der Waals surface area contributed by atoms with E-state index in [4.69, 9.17) is 10.5 Å². The van der Waals surface area contributed by atoms with Gasteiger partial charge in [0.2, 0.25) is 5.91 Å². The van der Waals surface area contributed by atoms with Crippen LogP contribution in [-0.2, 0) is 22.5 Å². The predicted octanol–water partition coefficient (Wildman–Crippen LogP) is 2.54. The first kappa shape index (κ1) is 23.3. The third-order valence-corrected chi connectivity index (χ3v) is 5.23. The molecule has 0 aliphatic rings. The van der Waals surface area contributed by atoms with Crippen molar-refractivity contribution in [2.45, 2.75) is 33.2 Å². The number of fused-ring (bicyclic) bond motifs is 1. The fraction of sp³-hybridized carbons (Fsp3) is 0.375. The number of rotatable bonds is 9. The summed E-state index contributed by atoms with van der Waals surface area (Å²) in [7, 11) is 1.57. The number of aromatic nitrogens is 2. The molecule has 0 fully saturated rings. The summed E-state index contributed by atoms with van der Waals surface area (Å²) in [5.74, 6) is -0.149. The number of amides is 1. The highest BCUT2D eigenvalue weighted by atomic mass is 16.5. The first-order valence-corrected chi connectivity index (χ1v) is 10.7. The SMILES string of the molecule is COCCCN(C(=O)Cc1ccc2ccccc2c1)c1c(N)n(CC(C)C)c(=O)[nH]c1=O. The van der Waals surface area contributed by atoms with Crippen LogP contribution in [0.25, 0.3) is 10.8 Å². The van der Waals surface area contributed by atoms with Crippen LogP contribution in [0.1, 0.15) is 25.8 Å². The smallest absolute Gasteiger partial charge is 0.330 e. The van der Waals surface area contributed by atoms with Crippen LogP contribution in [0.5, 0.6) is 0 Å². The maximum Gasteiger partial charge on any atom is 0.330 e. The number of hydrogen-bond acceptors (Lipinski definition) is 5. The molecule has 0 saturated heterocycles. The molecule has 0 atom stereocenters. The summed E-state index contributed by atoms with van der Waals surface area (Å²) >= 11 is 0. The Morgan fingerprint density at radius 3 is 2.56 bits per heavy atom. The molecular weight excluding hydrogens is 408 g/mol. The van der Waals surface area contributed by atoms with Crippen molar-refractivity contribution in [1.29, 1.82) is 0 Å². The second kappa shape index (κ2) is 10.3. The monoisotopic (exact) mass is 438 g/mol. The van der Waals surface area contributed by atoms with E-state index in [9.17, 15) is 14.4 Å². The van der Waals surface area contributed by atoms with E-state index in [0.29, 0.717) is 19.6 Å². The van der Waals surface area contributed by atoms with E-state index in [0.717, 1.165) is 16.3 Å². The highest BCUT2D eigenvalue weighted by Gasteiger charge is 2.24. The average molecular weight is 439 g/mol. The second-order valence-electron chi connectivity index (χ2n) is 8.25. The number of anilines is 2. The molecule has 1 heterocycles. The number of carbonyl (C=O) groups excluding carboxylic acids is 1. The highest BCUT2D eigenvalue weighted by molar-refractivity contribution is 5.97. The van der Waals surface area contributed by atoms with Crippen molar-refractivity contribution >= 4 is 28.2 Å². The average Bonchev–Trinajstić information content (AvgIpc) is 2.75. The molecule has 0 bridgehead atoms. The molecule has 0 spiro atoms. The van der Waals surface area contributed by atoms with Gasteiger partial charge in [0.05, 0.1) is 6.42 Å². The maximum atomic E-state index is 13.4. The Labute approximate surface area is 186 Å². The Balaban J connectivity index is 1.99. The fourth-order valence-electron chi connectivity index (χ4n) is 3.73. The summed E-state index contributed by atoms with van der Waals surface area (Å²) in [6.45, 7) is 4.88. The van der Waals surface area contributed by atoms with Gasteiger partial charge in [-0.15, -0.1) is 0 Å². The highest BCUT2D eigenvalue weighted by Crippen LogP contribution is 2.21. The van der Waals surface area contributed by atoms with Crippen molar-refractivity contribution < 1.29 is 9.53 Å². The van der Waals surface area contributed by atoms with Crippen LogP contribution in [0.2, 0.25) is 0 Å². The van der Waals surface area contributed by atoms with Gasteiger partial charge in [-0.1, -0.05) is 56.3 Å². The lowest BCUT2D eigenvalue weighted by molar-refractivity contribution is -0.118. The number of hydrogen-bond donors (Lipinski definition) is 2. The number of ether oxygens (including phenoxy) is 1.